The van der Waals surface area contributed by atoms with Crippen molar-refractivity contribution in [1.82, 2.24) is 5.32 Å². The maximum absolute atomic E-state index is 13.9. The predicted molar refractivity (Wildman–Crippen MR) is 149 cm³/mol. The Morgan fingerprint density at radius 1 is 1.05 bits per heavy atom. The average molecular weight is 511 g/mol. The largest absolute Gasteiger partial charge is 0.494 e. The van der Waals surface area contributed by atoms with E-state index in [9.17, 15) is 4.79 Å². The van der Waals surface area contributed by atoms with Crippen LogP contribution in [0.5, 0.6) is 5.75 Å². The lowest BCUT2D eigenvalue weighted by Crippen LogP contribution is -2.53. The molecule has 0 saturated heterocycles. The molecule has 0 aromatic heterocycles. The molecule has 38 heavy (non-hydrogen) atoms. The molecule has 6 heteroatoms. The van der Waals surface area contributed by atoms with Crippen LogP contribution in [-0.4, -0.2) is 47.8 Å². The number of hydrogen-bond donors (Lipinski definition) is 2. The van der Waals surface area contributed by atoms with Crippen LogP contribution in [0.3, 0.4) is 0 Å². The number of nitrogens with one attached hydrogen (secondary N) is 1. The smallest absolute Gasteiger partial charge is 0.252 e. The van der Waals surface area contributed by atoms with Crippen LogP contribution in [0, 0.1) is 0 Å². The van der Waals surface area contributed by atoms with Gasteiger partial charge in [-0.3, -0.25) is 4.79 Å². The molecule has 1 amide bonds. The van der Waals surface area contributed by atoms with Gasteiger partial charge in [0.15, 0.2) is 5.54 Å². The number of benzene rings is 3. The molecule has 2 aliphatic rings. The minimum Gasteiger partial charge on any atom is -0.494 e. The van der Waals surface area contributed by atoms with Gasteiger partial charge < -0.3 is 19.9 Å². The van der Waals surface area contributed by atoms with Crippen LogP contribution in [0.15, 0.2) is 89.9 Å². The molecule has 0 spiro atoms. The van der Waals surface area contributed by atoms with E-state index in [0.29, 0.717) is 31.1 Å². The summed E-state index contributed by atoms with van der Waals surface area (Å²) in [6, 6.07) is 25.9. The highest BCUT2D eigenvalue weighted by molar-refractivity contribution is 6.01. The fourth-order valence-electron chi connectivity index (χ4n) is 5.09. The van der Waals surface area contributed by atoms with Gasteiger partial charge in [-0.1, -0.05) is 66.7 Å². The van der Waals surface area contributed by atoms with E-state index >= 15 is 0 Å². The van der Waals surface area contributed by atoms with Gasteiger partial charge in [0.05, 0.1) is 6.61 Å². The highest BCUT2D eigenvalue weighted by Crippen LogP contribution is 2.34. The lowest BCUT2D eigenvalue weighted by atomic mass is 9.88. The van der Waals surface area contributed by atoms with Crippen LogP contribution >= 0.6 is 0 Å². The number of nitrogens with zero attached hydrogens (tertiary/aromatic N) is 1. The van der Waals surface area contributed by atoms with E-state index in [2.05, 4.69) is 17.4 Å². The Balaban J connectivity index is 1.38. The SMILES string of the molecule is C[C@H]1OC(c2ccc(OCCCO)cc2)=N[C@@]1(C/C=C/c1ccccc1)C(=O)NC1Cc2ccccc2C1. The molecule has 2 atom stereocenters. The maximum Gasteiger partial charge on any atom is 0.252 e. The number of hydrogen-bond acceptors (Lipinski definition) is 5. The van der Waals surface area contributed by atoms with Crippen molar-refractivity contribution in [2.24, 2.45) is 4.99 Å². The Bertz CT molecular complexity index is 1280. The fraction of sp³-hybridized carbons (Fsp3) is 0.312. The summed E-state index contributed by atoms with van der Waals surface area (Å²) in [7, 11) is 0. The highest BCUT2D eigenvalue weighted by Gasteiger charge is 2.50. The van der Waals surface area contributed by atoms with E-state index in [0.717, 1.165) is 24.0 Å². The lowest BCUT2D eigenvalue weighted by molar-refractivity contribution is -0.129. The molecule has 5 rings (SSSR count). The summed E-state index contributed by atoms with van der Waals surface area (Å²) in [6.45, 7) is 2.46. The number of ether oxygens (including phenoxy) is 2. The zero-order chi connectivity index (χ0) is 26.4. The van der Waals surface area contributed by atoms with E-state index in [1.54, 1.807) is 0 Å². The van der Waals surface area contributed by atoms with Crippen molar-refractivity contribution in [1.29, 1.82) is 0 Å². The first-order valence-corrected chi connectivity index (χ1v) is 13.3. The molecule has 0 radical (unpaired) electrons. The Labute approximate surface area is 224 Å². The van der Waals surface area contributed by atoms with Gasteiger partial charge in [-0.05, 0) is 60.7 Å². The molecular weight excluding hydrogens is 476 g/mol. The van der Waals surface area contributed by atoms with Crippen LogP contribution in [0.4, 0.5) is 0 Å². The maximum atomic E-state index is 13.9. The third-order valence-corrected chi connectivity index (χ3v) is 7.25. The summed E-state index contributed by atoms with van der Waals surface area (Å²) in [5.74, 6) is 1.06. The molecular formula is C32H34N2O4. The molecule has 1 aliphatic carbocycles. The molecule has 6 nitrogen and oxygen atoms in total. The highest BCUT2D eigenvalue weighted by atomic mass is 16.5. The molecule has 0 unspecified atom stereocenters. The second-order valence-corrected chi connectivity index (χ2v) is 9.92. The number of amides is 1. The summed E-state index contributed by atoms with van der Waals surface area (Å²) in [5.41, 5.74) is 3.36. The summed E-state index contributed by atoms with van der Waals surface area (Å²) < 4.78 is 11.9. The summed E-state index contributed by atoms with van der Waals surface area (Å²) in [6.07, 6.45) is 6.24. The quantitative estimate of drug-likeness (QED) is 0.386. The molecule has 1 aliphatic heterocycles. The predicted octanol–water partition coefficient (Wildman–Crippen LogP) is 4.74. The number of aliphatic hydroxyl groups excluding tert-OH is 1. The van der Waals surface area contributed by atoms with E-state index in [-0.39, 0.29) is 18.6 Å². The third kappa shape index (κ3) is 5.65. The van der Waals surface area contributed by atoms with E-state index < -0.39 is 11.6 Å². The zero-order valence-corrected chi connectivity index (χ0v) is 21.7. The second-order valence-electron chi connectivity index (χ2n) is 9.92. The number of aliphatic hydroxyl groups is 1. The number of rotatable bonds is 10. The molecule has 2 N–H and O–H groups in total. The number of aliphatic imine (C=N–C) groups is 1. The van der Waals surface area contributed by atoms with Gasteiger partial charge in [0, 0.05) is 31.1 Å². The molecule has 0 saturated carbocycles. The molecule has 3 aromatic rings. The Hall–Kier alpha value is -3.90. The lowest BCUT2D eigenvalue weighted by Gasteiger charge is -2.28. The first-order chi connectivity index (χ1) is 18.6. The fourth-order valence-corrected chi connectivity index (χ4v) is 5.09. The van der Waals surface area contributed by atoms with Gasteiger partial charge in [0.1, 0.15) is 11.9 Å². The van der Waals surface area contributed by atoms with Crippen molar-refractivity contribution in [3.8, 4) is 5.75 Å². The van der Waals surface area contributed by atoms with Crippen LogP contribution in [0.2, 0.25) is 0 Å². The number of carbonyl (C=O) groups excluding carboxylic acids is 1. The summed E-state index contributed by atoms with van der Waals surface area (Å²) >= 11 is 0. The first-order valence-electron chi connectivity index (χ1n) is 13.3. The van der Waals surface area contributed by atoms with E-state index in [4.69, 9.17) is 19.6 Å². The minimum absolute atomic E-state index is 0.0386. The van der Waals surface area contributed by atoms with Crippen molar-refractivity contribution in [2.45, 2.75) is 50.3 Å². The summed E-state index contributed by atoms with van der Waals surface area (Å²) in [5, 5.41) is 12.3. The van der Waals surface area contributed by atoms with Crippen LogP contribution in [-0.2, 0) is 22.4 Å². The first kappa shape index (κ1) is 25.7. The second kappa shape index (κ2) is 11.7. The van der Waals surface area contributed by atoms with Crippen LogP contribution in [0.25, 0.3) is 6.08 Å². The van der Waals surface area contributed by atoms with Crippen molar-refractivity contribution in [3.05, 3.63) is 107 Å². The minimum atomic E-state index is -1.08. The van der Waals surface area contributed by atoms with Crippen molar-refractivity contribution < 1.29 is 19.4 Å². The standard InChI is InChI=1S/C32H34N2O4/c1-23-32(18-7-11-24-9-3-2-4-10-24,31(36)33-28-21-26-12-5-6-13-27(26)22-28)34-30(38-23)25-14-16-29(17-15-25)37-20-8-19-35/h2-7,9-17,23,28,35H,8,18-22H2,1H3,(H,33,36)/b11-7+/t23-,32-/m1/s1. The van der Waals surface area contributed by atoms with Crippen LogP contribution < -0.4 is 10.1 Å². The van der Waals surface area contributed by atoms with Gasteiger partial charge in [-0.15, -0.1) is 0 Å². The normalized spacial score (nSPS) is 20.7. The van der Waals surface area contributed by atoms with Crippen LogP contribution in [0.1, 0.15) is 42.0 Å². The Morgan fingerprint density at radius 3 is 2.42 bits per heavy atom. The Morgan fingerprint density at radius 2 is 1.74 bits per heavy atom. The molecule has 1 heterocycles. The van der Waals surface area contributed by atoms with Crippen molar-refractivity contribution in [3.63, 3.8) is 0 Å². The monoisotopic (exact) mass is 510 g/mol. The topological polar surface area (TPSA) is 80.2 Å². The van der Waals surface area contributed by atoms with E-state index in [1.165, 1.54) is 11.1 Å². The number of fused-ring (bicyclic) bond motifs is 1. The van der Waals surface area contributed by atoms with Gasteiger partial charge in [-0.25, -0.2) is 4.99 Å². The molecule has 0 bridgehead atoms. The Kier molecular flexibility index (Phi) is 7.89. The molecule has 3 aromatic carbocycles. The number of carbonyl (C=O) groups is 1. The average Bonchev–Trinajstić information content (AvgIpc) is 3.50. The van der Waals surface area contributed by atoms with Gasteiger partial charge >= 0.3 is 0 Å². The summed E-state index contributed by atoms with van der Waals surface area (Å²) in [4.78, 5) is 18.9. The van der Waals surface area contributed by atoms with Crippen molar-refractivity contribution in [2.75, 3.05) is 13.2 Å². The van der Waals surface area contributed by atoms with E-state index in [1.807, 2.05) is 85.8 Å². The third-order valence-electron chi connectivity index (χ3n) is 7.25. The van der Waals surface area contributed by atoms with Gasteiger partial charge in [0.25, 0.3) is 5.91 Å². The van der Waals surface area contributed by atoms with Crippen molar-refractivity contribution >= 4 is 17.9 Å². The van der Waals surface area contributed by atoms with Gasteiger partial charge in [0.2, 0.25) is 5.90 Å². The molecule has 196 valence electrons. The zero-order valence-electron chi connectivity index (χ0n) is 21.7. The van der Waals surface area contributed by atoms with Gasteiger partial charge in [-0.2, -0.15) is 0 Å². The molecule has 0 fully saturated rings.